The molecule has 0 aliphatic rings. The highest BCUT2D eigenvalue weighted by atomic mass is 35.5. The largest absolute Gasteiger partial charge is 0.497 e. The molecule has 3 aromatic rings. The minimum atomic E-state index is -0.304. The molecular formula is C18H14Cl2N2O2S. The maximum atomic E-state index is 12.3. The number of benzene rings is 2. The van der Waals surface area contributed by atoms with Crippen LogP contribution in [0.1, 0.15) is 21.1 Å². The van der Waals surface area contributed by atoms with E-state index in [2.05, 4.69) is 10.3 Å². The van der Waals surface area contributed by atoms with E-state index in [9.17, 15) is 4.79 Å². The number of nitrogens with zero attached hydrogens (tertiary/aromatic N) is 1. The highest BCUT2D eigenvalue weighted by Gasteiger charge is 2.13. The van der Waals surface area contributed by atoms with Crippen LogP contribution in [0.4, 0.5) is 5.69 Å². The molecule has 25 heavy (non-hydrogen) atoms. The second-order valence-corrected chi connectivity index (χ2v) is 7.02. The maximum absolute atomic E-state index is 12.3. The topological polar surface area (TPSA) is 51.2 Å². The number of anilines is 1. The van der Waals surface area contributed by atoms with Gasteiger partial charge in [0.2, 0.25) is 0 Å². The van der Waals surface area contributed by atoms with Crippen LogP contribution in [0.3, 0.4) is 0 Å². The van der Waals surface area contributed by atoms with Gasteiger partial charge in [0.25, 0.3) is 5.91 Å². The Bertz CT molecular complexity index is 894. The van der Waals surface area contributed by atoms with Crippen molar-refractivity contribution in [3.63, 3.8) is 0 Å². The Morgan fingerprint density at radius 2 is 1.96 bits per heavy atom. The van der Waals surface area contributed by atoms with Gasteiger partial charge in [0.15, 0.2) is 0 Å². The summed E-state index contributed by atoms with van der Waals surface area (Å²) in [7, 11) is 1.63. The van der Waals surface area contributed by atoms with Gasteiger partial charge in [-0.15, -0.1) is 11.3 Å². The van der Waals surface area contributed by atoms with Crippen molar-refractivity contribution in [1.82, 2.24) is 4.98 Å². The third kappa shape index (κ3) is 4.51. The van der Waals surface area contributed by atoms with Crippen LogP contribution < -0.4 is 10.1 Å². The van der Waals surface area contributed by atoms with Crippen LogP contribution in [0, 0.1) is 0 Å². The first-order chi connectivity index (χ1) is 12.0. The summed E-state index contributed by atoms with van der Waals surface area (Å²) in [4.78, 5) is 16.7. The van der Waals surface area contributed by atoms with E-state index in [1.807, 2.05) is 24.3 Å². The zero-order valence-electron chi connectivity index (χ0n) is 13.3. The normalized spacial score (nSPS) is 10.5. The summed E-state index contributed by atoms with van der Waals surface area (Å²) in [6, 6.07) is 12.7. The van der Waals surface area contributed by atoms with Crippen LogP contribution in [0.15, 0.2) is 47.8 Å². The Hall–Kier alpha value is -2.08. The lowest BCUT2D eigenvalue weighted by Gasteiger charge is -2.05. The molecule has 0 saturated carbocycles. The predicted octanol–water partition coefficient (Wildman–Crippen LogP) is 5.30. The van der Waals surface area contributed by atoms with Crippen LogP contribution in [-0.2, 0) is 6.42 Å². The molecule has 0 radical (unpaired) electrons. The third-order valence-corrected chi connectivity index (χ3v) is 4.87. The molecule has 0 unspecified atom stereocenters. The second kappa shape index (κ2) is 7.87. The zero-order valence-corrected chi connectivity index (χ0v) is 15.6. The molecular weight excluding hydrogens is 379 g/mol. The molecule has 4 nitrogen and oxygen atoms in total. The lowest BCUT2D eigenvalue weighted by molar-refractivity contribution is 0.102. The number of nitrogens with one attached hydrogen (secondary N) is 1. The van der Waals surface area contributed by atoms with Crippen molar-refractivity contribution >= 4 is 46.1 Å². The quantitative estimate of drug-likeness (QED) is 0.640. The van der Waals surface area contributed by atoms with Gasteiger partial charge in [0.05, 0.1) is 22.8 Å². The molecule has 0 aliphatic heterocycles. The van der Waals surface area contributed by atoms with Crippen molar-refractivity contribution < 1.29 is 9.53 Å². The lowest BCUT2D eigenvalue weighted by atomic mass is 10.1. The summed E-state index contributed by atoms with van der Waals surface area (Å²) in [6.07, 6.45) is 0.656. The zero-order chi connectivity index (χ0) is 17.8. The molecule has 1 heterocycles. The number of hydrogen-bond donors (Lipinski definition) is 1. The van der Waals surface area contributed by atoms with Crippen LogP contribution in [-0.4, -0.2) is 18.0 Å². The fourth-order valence-electron chi connectivity index (χ4n) is 2.19. The number of aromatic nitrogens is 1. The molecule has 7 heteroatoms. The highest BCUT2D eigenvalue weighted by molar-refractivity contribution is 7.09. The molecule has 0 atom stereocenters. The Kier molecular flexibility index (Phi) is 5.58. The third-order valence-electron chi connectivity index (χ3n) is 3.48. The number of carbonyl (C=O) groups is 1. The standard InChI is InChI=1S/C18H14Cl2N2O2S/c1-24-13-5-2-11(3-6-13)8-17-21-16(10-25-17)18(23)22-15-7-4-12(19)9-14(15)20/h2-7,9-10H,8H2,1H3,(H,22,23). The number of thiazole rings is 1. The summed E-state index contributed by atoms with van der Waals surface area (Å²) in [6.45, 7) is 0. The van der Waals surface area contributed by atoms with Crippen LogP contribution >= 0.6 is 34.5 Å². The molecule has 0 spiro atoms. The van der Waals surface area contributed by atoms with Crippen LogP contribution in [0.5, 0.6) is 5.75 Å². The van der Waals surface area contributed by atoms with E-state index < -0.39 is 0 Å². The summed E-state index contributed by atoms with van der Waals surface area (Å²) in [5.74, 6) is 0.504. The number of carbonyl (C=O) groups excluding carboxylic acids is 1. The summed E-state index contributed by atoms with van der Waals surface area (Å²) in [5.41, 5.74) is 1.96. The van der Waals surface area contributed by atoms with Gasteiger partial charge in [-0.25, -0.2) is 4.98 Å². The van der Waals surface area contributed by atoms with Gasteiger partial charge in [-0.3, -0.25) is 4.79 Å². The molecule has 0 bridgehead atoms. The predicted molar refractivity (Wildman–Crippen MR) is 102 cm³/mol. The minimum Gasteiger partial charge on any atom is -0.497 e. The average Bonchev–Trinajstić information content (AvgIpc) is 3.07. The molecule has 0 saturated heterocycles. The number of ether oxygens (including phenoxy) is 1. The van der Waals surface area contributed by atoms with Gasteiger partial charge in [0, 0.05) is 16.8 Å². The van der Waals surface area contributed by atoms with Gasteiger partial charge in [0.1, 0.15) is 11.4 Å². The van der Waals surface area contributed by atoms with E-state index in [-0.39, 0.29) is 5.91 Å². The molecule has 0 aliphatic carbocycles. The molecule has 1 amide bonds. The summed E-state index contributed by atoms with van der Waals surface area (Å²) in [5, 5.41) is 6.23. The Labute approximate surface area is 159 Å². The fraction of sp³-hybridized carbons (Fsp3) is 0.111. The van der Waals surface area contributed by atoms with Crippen molar-refractivity contribution in [2.24, 2.45) is 0 Å². The van der Waals surface area contributed by atoms with Crippen molar-refractivity contribution in [3.8, 4) is 5.75 Å². The number of hydrogen-bond acceptors (Lipinski definition) is 4. The molecule has 128 valence electrons. The highest BCUT2D eigenvalue weighted by Crippen LogP contribution is 2.26. The van der Waals surface area contributed by atoms with Crippen molar-refractivity contribution in [3.05, 3.63) is 74.2 Å². The van der Waals surface area contributed by atoms with Gasteiger partial charge in [-0.1, -0.05) is 35.3 Å². The Morgan fingerprint density at radius 1 is 1.20 bits per heavy atom. The van der Waals surface area contributed by atoms with Gasteiger partial charge >= 0.3 is 0 Å². The van der Waals surface area contributed by atoms with E-state index in [1.165, 1.54) is 11.3 Å². The summed E-state index contributed by atoms with van der Waals surface area (Å²) >= 11 is 13.4. The van der Waals surface area contributed by atoms with Gasteiger partial charge in [-0.05, 0) is 35.9 Å². The Morgan fingerprint density at radius 3 is 2.64 bits per heavy atom. The van der Waals surface area contributed by atoms with Crippen LogP contribution in [0.2, 0.25) is 10.0 Å². The van der Waals surface area contributed by atoms with Gasteiger partial charge in [-0.2, -0.15) is 0 Å². The maximum Gasteiger partial charge on any atom is 0.275 e. The molecule has 1 N–H and O–H groups in total. The van der Waals surface area contributed by atoms with E-state index in [4.69, 9.17) is 27.9 Å². The number of rotatable bonds is 5. The van der Waals surface area contributed by atoms with Gasteiger partial charge < -0.3 is 10.1 Å². The molecule has 1 aromatic heterocycles. The van der Waals surface area contributed by atoms with Crippen molar-refractivity contribution in [2.45, 2.75) is 6.42 Å². The SMILES string of the molecule is COc1ccc(Cc2nc(C(=O)Nc3ccc(Cl)cc3Cl)cs2)cc1. The molecule has 0 fully saturated rings. The number of amides is 1. The van der Waals surface area contributed by atoms with Crippen molar-refractivity contribution in [1.29, 1.82) is 0 Å². The molecule has 2 aromatic carbocycles. The monoisotopic (exact) mass is 392 g/mol. The van der Waals surface area contributed by atoms with E-state index in [0.29, 0.717) is 27.8 Å². The number of methoxy groups -OCH3 is 1. The number of halogens is 2. The second-order valence-electron chi connectivity index (χ2n) is 5.23. The first-order valence-corrected chi connectivity index (χ1v) is 9.02. The van der Waals surface area contributed by atoms with E-state index >= 15 is 0 Å². The first kappa shape index (κ1) is 17.7. The lowest BCUT2D eigenvalue weighted by Crippen LogP contribution is -2.12. The smallest absolute Gasteiger partial charge is 0.275 e. The Balaban J connectivity index is 1.68. The van der Waals surface area contributed by atoms with Crippen LogP contribution in [0.25, 0.3) is 0 Å². The summed E-state index contributed by atoms with van der Waals surface area (Å²) < 4.78 is 5.14. The minimum absolute atomic E-state index is 0.304. The fourth-order valence-corrected chi connectivity index (χ4v) is 3.46. The van der Waals surface area contributed by atoms with E-state index in [1.54, 1.807) is 30.7 Å². The first-order valence-electron chi connectivity index (χ1n) is 7.39. The van der Waals surface area contributed by atoms with E-state index in [0.717, 1.165) is 16.3 Å². The van der Waals surface area contributed by atoms with Crippen molar-refractivity contribution in [2.75, 3.05) is 12.4 Å². The molecule has 3 rings (SSSR count). The average molecular weight is 393 g/mol.